The van der Waals surface area contributed by atoms with E-state index in [9.17, 15) is 18.0 Å². The standard InChI is InChI=1S/C25H23NO5S/c1-31-24(28)25(32(29,30)21-15-9-4-10-16-21)17-22(27)26(18-19-11-5-2-6-12-19)23(25)20-13-7-3-8-14-20/h2-16,23H,17-18H2,1H3/t23-,25+/m1/s1. The number of methoxy groups -OCH3 is 1. The first-order chi connectivity index (χ1) is 15.4. The van der Waals surface area contributed by atoms with Crippen LogP contribution in [0.2, 0.25) is 0 Å². The predicted molar refractivity (Wildman–Crippen MR) is 119 cm³/mol. The Bertz CT molecular complexity index is 1210. The van der Waals surface area contributed by atoms with E-state index in [0.29, 0.717) is 5.56 Å². The van der Waals surface area contributed by atoms with Gasteiger partial charge in [0.2, 0.25) is 10.7 Å². The Balaban J connectivity index is 1.95. The first kappa shape index (κ1) is 21.8. The molecule has 0 bridgehead atoms. The number of carbonyl (C=O) groups excluding carboxylic acids is 2. The molecule has 32 heavy (non-hydrogen) atoms. The van der Waals surface area contributed by atoms with Gasteiger partial charge in [0.25, 0.3) is 0 Å². The van der Waals surface area contributed by atoms with Crippen LogP contribution in [0, 0.1) is 0 Å². The summed E-state index contributed by atoms with van der Waals surface area (Å²) in [5.74, 6) is -1.37. The third kappa shape index (κ3) is 3.48. The molecule has 1 heterocycles. The molecule has 0 spiro atoms. The van der Waals surface area contributed by atoms with Gasteiger partial charge in [-0.05, 0) is 23.3 Å². The van der Waals surface area contributed by atoms with Crippen LogP contribution in [0.15, 0.2) is 95.9 Å². The average Bonchev–Trinajstić information content (AvgIpc) is 3.13. The first-order valence-electron chi connectivity index (χ1n) is 10.2. The van der Waals surface area contributed by atoms with E-state index in [2.05, 4.69) is 0 Å². The third-order valence-electron chi connectivity index (χ3n) is 5.86. The summed E-state index contributed by atoms with van der Waals surface area (Å²) in [5, 5.41) is 0. The molecule has 2 atom stereocenters. The molecule has 0 radical (unpaired) electrons. The zero-order valence-electron chi connectivity index (χ0n) is 17.5. The number of sulfone groups is 1. The lowest BCUT2D eigenvalue weighted by molar-refractivity contribution is -0.144. The molecule has 1 aliphatic heterocycles. The predicted octanol–water partition coefficient (Wildman–Crippen LogP) is 3.55. The Morgan fingerprint density at radius 3 is 2.03 bits per heavy atom. The van der Waals surface area contributed by atoms with Crippen LogP contribution >= 0.6 is 0 Å². The van der Waals surface area contributed by atoms with Crippen molar-refractivity contribution >= 4 is 21.7 Å². The summed E-state index contributed by atoms with van der Waals surface area (Å²) in [6.45, 7) is 0.169. The van der Waals surface area contributed by atoms with Gasteiger partial charge < -0.3 is 9.64 Å². The molecule has 1 aliphatic rings. The van der Waals surface area contributed by atoms with Gasteiger partial charge in [-0.15, -0.1) is 0 Å². The van der Waals surface area contributed by atoms with Crippen molar-refractivity contribution in [3.63, 3.8) is 0 Å². The van der Waals surface area contributed by atoms with Gasteiger partial charge in [0.15, 0.2) is 9.84 Å². The molecule has 0 N–H and O–H groups in total. The number of amides is 1. The lowest BCUT2D eigenvalue weighted by Gasteiger charge is -2.35. The number of rotatable bonds is 6. The number of nitrogens with zero attached hydrogens (tertiary/aromatic N) is 1. The molecule has 0 aliphatic carbocycles. The Labute approximate surface area is 187 Å². The van der Waals surface area contributed by atoms with Gasteiger partial charge in [0.05, 0.1) is 24.5 Å². The highest BCUT2D eigenvalue weighted by molar-refractivity contribution is 7.93. The molecule has 7 heteroatoms. The molecule has 0 saturated carbocycles. The van der Waals surface area contributed by atoms with Crippen molar-refractivity contribution in [3.05, 3.63) is 102 Å². The topological polar surface area (TPSA) is 80.8 Å². The van der Waals surface area contributed by atoms with Crippen molar-refractivity contribution in [1.29, 1.82) is 0 Å². The maximum absolute atomic E-state index is 14.0. The number of carbonyl (C=O) groups is 2. The van der Waals surface area contributed by atoms with Crippen LogP contribution in [0.5, 0.6) is 0 Å². The number of ether oxygens (including phenoxy) is 1. The number of hydrogen-bond acceptors (Lipinski definition) is 5. The third-order valence-corrected chi connectivity index (χ3v) is 8.25. The molecule has 0 aromatic heterocycles. The zero-order chi connectivity index (χ0) is 22.8. The van der Waals surface area contributed by atoms with Gasteiger partial charge in [-0.3, -0.25) is 9.59 Å². The van der Waals surface area contributed by atoms with Crippen molar-refractivity contribution < 1.29 is 22.7 Å². The smallest absolute Gasteiger partial charge is 0.330 e. The summed E-state index contributed by atoms with van der Waals surface area (Å²) in [7, 11) is -3.15. The summed E-state index contributed by atoms with van der Waals surface area (Å²) in [5.41, 5.74) is 1.39. The molecule has 3 aromatic rings. The Kier molecular flexibility index (Phi) is 5.84. The molecule has 6 nitrogen and oxygen atoms in total. The molecule has 4 rings (SSSR count). The summed E-state index contributed by atoms with van der Waals surface area (Å²) in [4.78, 5) is 28.1. The highest BCUT2D eigenvalue weighted by Crippen LogP contribution is 2.50. The van der Waals surface area contributed by atoms with Crippen molar-refractivity contribution in [2.45, 2.75) is 28.6 Å². The van der Waals surface area contributed by atoms with Gasteiger partial charge in [0.1, 0.15) is 0 Å². The Hall–Kier alpha value is -3.45. The van der Waals surface area contributed by atoms with E-state index in [4.69, 9.17) is 4.74 Å². The minimum Gasteiger partial charge on any atom is -0.468 e. The van der Waals surface area contributed by atoms with Crippen LogP contribution < -0.4 is 0 Å². The molecule has 1 fully saturated rings. The zero-order valence-corrected chi connectivity index (χ0v) is 18.4. The van der Waals surface area contributed by atoms with Crippen LogP contribution in [0.3, 0.4) is 0 Å². The van der Waals surface area contributed by atoms with Crippen LogP contribution in [-0.4, -0.2) is 37.1 Å². The van der Waals surface area contributed by atoms with Gasteiger partial charge in [0, 0.05) is 6.54 Å². The van der Waals surface area contributed by atoms with Crippen molar-refractivity contribution in [1.82, 2.24) is 4.90 Å². The van der Waals surface area contributed by atoms with Gasteiger partial charge in [-0.1, -0.05) is 78.9 Å². The minimum absolute atomic E-state index is 0.0271. The second kappa shape index (κ2) is 8.59. The minimum atomic E-state index is -4.30. The van der Waals surface area contributed by atoms with Crippen molar-refractivity contribution in [3.8, 4) is 0 Å². The van der Waals surface area contributed by atoms with E-state index < -0.39 is 38.9 Å². The average molecular weight is 450 g/mol. The monoisotopic (exact) mass is 449 g/mol. The number of esters is 1. The fourth-order valence-corrected chi connectivity index (χ4v) is 6.49. The molecular formula is C25H23NO5S. The first-order valence-corrected chi connectivity index (χ1v) is 11.7. The van der Waals surface area contributed by atoms with Crippen molar-refractivity contribution in [2.24, 2.45) is 0 Å². The largest absolute Gasteiger partial charge is 0.468 e. The molecule has 164 valence electrons. The van der Waals surface area contributed by atoms with Gasteiger partial charge in [-0.25, -0.2) is 8.42 Å². The summed E-state index contributed by atoms with van der Waals surface area (Å²) in [6.07, 6.45) is -0.497. The summed E-state index contributed by atoms with van der Waals surface area (Å²) in [6, 6.07) is 24.8. The van der Waals surface area contributed by atoms with E-state index in [-0.39, 0.29) is 11.4 Å². The van der Waals surface area contributed by atoms with E-state index >= 15 is 0 Å². The summed E-state index contributed by atoms with van der Waals surface area (Å²) < 4.78 is 30.9. The lowest BCUT2D eigenvalue weighted by atomic mass is 9.92. The van der Waals surface area contributed by atoms with E-state index in [1.807, 2.05) is 30.3 Å². The van der Waals surface area contributed by atoms with Crippen LogP contribution in [-0.2, 0) is 30.7 Å². The van der Waals surface area contributed by atoms with E-state index in [0.717, 1.165) is 12.7 Å². The van der Waals surface area contributed by atoms with Gasteiger partial charge >= 0.3 is 5.97 Å². The highest BCUT2D eigenvalue weighted by atomic mass is 32.2. The van der Waals surface area contributed by atoms with Crippen LogP contribution in [0.4, 0.5) is 0 Å². The molecule has 0 unspecified atom stereocenters. The number of likely N-dealkylation sites (tertiary alicyclic amines) is 1. The van der Waals surface area contributed by atoms with Crippen molar-refractivity contribution in [2.75, 3.05) is 7.11 Å². The molecule has 1 amide bonds. The quantitative estimate of drug-likeness (QED) is 0.538. The van der Waals surface area contributed by atoms with Gasteiger partial charge in [-0.2, -0.15) is 0 Å². The maximum atomic E-state index is 14.0. The second-order valence-corrected chi connectivity index (χ2v) is 9.90. The fraction of sp³-hybridized carbons (Fsp3) is 0.200. The van der Waals surface area contributed by atoms with Crippen LogP contribution in [0.1, 0.15) is 23.6 Å². The van der Waals surface area contributed by atoms with Crippen LogP contribution in [0.25, 0.3) is 0 Å². The normalized spacial score (nSPS) is 20.8. The maximum Gasteiger partial charge on any atom is 0.330 e. The number of benzene rings is 3. The van der Waals surface area contributed by atoms with E-state index in [1.54, 1.807) is 48.5 Å². The Morgan fingerprint density at radius 2 is 1.47 bits per heavy atom. The number of hydrogen-bond donors (Lipinski definition) is 0. The lowest BCUT2D eigenvalue weighted by Crippen LogP contribution is -2.51. The van der Waals surface area contributed by atoms with E-state index in [1.165, 1.54) is 17.0 Å². The summed E-state index contributed by atoms with van der Waals surface area (Å²) >= 11 is 0. The molecule has 3 aromatic carbocycles. The SMILES string of the molecule is COC(=O)[C@]1(S(=O)(=O)c2ccccc2)CC(=O)N(Cc2ccccc2)[C@@H]1c1ccccc1. The fourth-order valence-electron chi connectivity index (χ4n) is 4.38. The molecule has 1 saturated heterocycles. The second-order valence-electron chi connectivity index (χ2n) is 7.69. The molecular weight excluding hydrogens is 426 g/mol. The Morgan fingerprint density at radius 1 is 0.938 bits per heavy atom. The highest BCUT2D eigenvalue weighted by Gasteiger charge is 2.66.